The summed E-state index contributed by atoms with van der Waals surface area (Å²) in [5.74, 6) is 0.131. The molecule has 0 amide bonds. The van der Waals surface area contributed by atoms with E-state index in [1.807, 2.05) is 6.07 Å². The normalized spacial score (nSPS) is 10.9. The zero-order valence-corrected chi connectivity index (χ0v) is 12.4. The standard InChI is InChI=1S/C14H11ClN2O3S/c15-12-5-6-13(14(7-12)21(17,18)19)20-9-11-3-1-10(8-16)2-4-11/h1-7H,9H2,(H2,17,18,19). The van der Waals surface area contributed by atoms with Crippen molar-refractivity contribution in [3.63, 3.8) is 0 Å². The number of hydrogen-bond donors (Lipinski definition) is 1. The number of ether oxygens (including phenoxy) is 1. The van der Waals surface area contributed by atoms with Crippen molar-refractivity contribution in [1.82, 2.24) is 0 Å². The first-order valence-corrected chi connectivity index (χ1v) is 7.77. The van der Waals surface area contributed by atoms with Crippen LogP contribution in [-0.4, -0.2) is 8.42 Å². The van der Waals surface area contributed by atoms with Crippen LogP contribution >= 0.6 is 11.6 Å². The molecule has 0 radical (unpaired) electrons. The Hall–Kier alpha value is -2.07. The van der Waals surface area contributed by atoms with E-state index in [2.05, 4.69) is 0 Å². The fourth-order valence-electron chi connectivity index (χ4n) is 1.66. The Balaban J connectivity index is 2.22. The van der Waals surface area contributed by atoms with Gasteiger partial charge in [-0.1, -0.05) is 23.7 Å². The van der Waals surface area contributed by atoms with E-state index in [1.165, 1.54) is 18.2 Å². The number of nitrogens with two attached hydrogens (primary N) is 1. The van der Waals surface area contributed by atoms with Crippen molar-refractivity contribution < 1.29 is 13.2 Å². The van der Waals surface area contributed by atoms with Crippen molar-refractivity contribution >= 4 is 21.6 Å². The minimum atomic E-state index is -3.92. The van der Waals surface area contributed by atoms with Crippen LogP contribution in [0.15, 0.2) is 47.4 Å². The molecule has 0 aliphatic carbocycles. The van der Waals surface area contributed by atoms with Gasteiger partial charge in [-0.3, -0.25) is 0 Å². The Morgan fingerprint density at radius 3 is 2.43 bits per heavy atom. The molecule has 0 unspecified atom stereocenters. The van der Waals surface area contributed by atoms with Gasteiger partial charge in [-0.2, -0.15) is 5.26 Å². The van der Waals surface area contributed by atoms with Crippen LogP contribution in [0.1, 0.15) is 11.1 Å². The molecule has 0 aromatic heterocycles. The third-order valence-corrected chi connectivity index (χ3v) is 3.86. The minimum Gasteiger partial charge on any atom is -0.487 e. The lowest BCUT2D eigenvalue weighted by atomic mass is 10.2. The Morgan fingerprint density at radius 2 is 1.86 bits per heavy atom. The molecule has 2 aromatic rings. The van der Waals surface area contributed by atoms with E-state index in [4.69, 9.17) is 26.7 Å². The van der Waals surface area contributed by atoms with Gasteiger partial charge in [0.15, 0.2) is 0 Å². The van der Waals surface area contributed by atoms with E-state index in [-0.39, 0.29) is 22.3 Å². The SMILES string of the molecule is N#Cc1ccc(COc2ccc(Cl)cc2S(N)(=O)=O)cc1. The number of nitrogens with zero attached hydrogens (tertiary/aromatic N) is 1. The Labute approximate surface area is 127 Å². The van der Waals surface area contributed by atoms with Crippen molar-refractivity contribution in [2.24, 2.45) is 5.14 Å². The van der Waals surface area contributed by atoms with Crippen LogP contribution in [0.25, 0.3) is 0 Å². The van der Waals surface area contributed by atoms with Gasteiger partial charge in [0.05, 0.1) is 11.6 Å². The largest absolute Gasteiger partial charge is 0.487 e. The monoisotopic (exact) mass is 322 g/mol. The topological polar surface area (TPSA) is 93.2 Å². The molecule has 0 saturated carbocycles. The summed E-state index contributed by atoms with van der Waals surface area (Å²) in [5, 5.41) is 14.1. The highest BCUT2D eigenvalue weighted by Gasteiger charge is 2.16. The molecule has 0 spiro atoms. The van der Waals surface area contributed by atoms with Crippen LogP contribution in [0, 0.1) is 11.3 Å². The highest BCUT2D eigenvalue weighted by molar-refractivity contribution is 7.89. The Kier molecular flexibility index (Phi) is 4.48. The second kappa shape index (κ2) is 6.14. The molecule has 0 heterocycles. The number of nitriles is 1. The maximum absolute atomic E-state index is 11.5. The molecule has 0 aliphatic heterocycles. The number of rotatable bonds is 4. The van der Waals surface area contributed by atoms with Crippen LogP contribution in [0.3, 0.4) is 0 Å². The molecule has 7 heteroatoms. The first kappa shape index (κ1) is 15.3. The summed E-state index contributed by atoms with van der Waals surface area (Å²) in [7, 11) is -3.92. The summed E-state index contributed by atoms with van der Waals surface area (Å²) in [6, 6.07) is 13.0. The first-order valence-electron chi connectivity index (χ1n) is 5.84. The zero-order chi connectivity index (χ0) is 15.5. The van der Waals surface area contributed by atoms with Crippen molar-refractivity contribution in [1.29, 1.82) is 5.26 Å². The van der Waals surface area contributed by atoms with Gasteiger partial charge in [0, 0.05) is 5.02 Å². The number of benzene rings is 2. The van der Waals surface area contributed by atoms with Gasteiger partial charge in [-0.05, 0) is 35.9 Å². The molecular formula is C14H11ClN2O3S. The predicted octanol–water partition coefficient (Wildman–Crippen LogP) is 2.44. The van der Waals surface area contributed by atoms with Crippen molar-refractivity contribution in [2.75, 3.05) is 0 Å². The third kappa shape index (κ3) is 3.95. The Bertz CT molecular complexity index is 796. The number of sulfonamides is 1. The van der Waals surface area contributed by atoms with Gasteiger partial charge in [0.25, 0.3) is 0 Å². The minimum absolute atomic E-state index is 0.131. The van der Waals surface area contributed by atoms with Crippen LogP contribution < -0.4 is 9.88 Å². The lowest BCUT2D eigenvalue weighted by Crippen LogP contribution is -2.14. The van der Waals surface area contributed by atoms with E-state index in [0.717, 1.165) is 5.56 Å². The smallest absolute Gasteiger partial charge is 0.241 e. The van der Waals surface area contributed by atoms with E-state index >= 15 is 0 Å². The molecular weight excluding hydrogens is 312 g/mol. The van der Waals surface area contributed by atoms with Gasteiger partial charge >= 0.3 is 0 Å². The second-order valence-electron chi connectivity index (χ2n) is 4.23. The van der Waals surface area contributed by atoms with E-state index < -0.39 is 10.0 Å². The highest BCUT2D eigenvalue weighted by Crippen LogP contribution is 2.27. The van der Waals surface area contributed by atoms with Crippen LogP contribution in [0.2, 0.25) is 5.02 Å². The summed E-state index contributed by atoms with van der Waals surface area (Å²) in [4.78, 5) is -0.163. The maximum Gasteiger partial charge on any atom is 0.241 e. The number of primary sulfonamides is 1. The average Bonchev–Trinajstić information content (AvgIpc) is 2.45. The van der Waals surface area contributed by atoms with Crippen molar-refractivity contribution in [2.45, 2.75) is 11.5 Å². The van der Waals surface area contributed by atoms with E-state index in [1.54, 1.807) is 24.3 Å². The van der Waals surface area contributed by atoms with Crippen molar-refractivity contribution in [3.8, 4) is 11.8 Å². The number of hydrogen-bond acceptors (Lipinski definition) is 4. The summed E-state index contributed by atoms with van der Waals surface area (Å²) in [6.07, 6.45) is 0. The molecule has 2 rings (SSSR count). The van der Waals surface area contributed by atoms with Gasteiger partial charge < -0.3 is 4.74 Å². The maximum atomic E-state index is 11.5. The summed E-state index contributed by atoms with van der Waals surface area (Å²) >= 11 is 5.77. The first-order chi connectivity index (χ1) is 9.90. The van der Waals surface area contributed by atoms with Gasteiger partial charge in [-0.25, -0.2) is 13.6 Å². The highest BCUT2D eigenvalue weighted by atomic mass is 35.5. The molecule has 2 aromatic carbocycles. The summed E-state index contributed by atoms with van der Waals surface area (Å²) in [5.41, 5.74) is 1.33. The molecule has 0 saturated heterocycles. The van der Waals surface area contributed by atoms with Gasteiger partial charge in [0.2, 0.25) is 10.0 Å². The quantitative estimate of drug-likeness (QED) is 0.935. The summed E-state index contributed by atoms with van der Waals surface area (Å²) in [6.45, 7) is 0.149. The molecule has 0 aliphatic rings. The molecule has 108 valence electrons. The lowest BCUT2D eigenvalue weighted by molar-refractivity contribution is 0.298. The lowest BCUT2D eigenvalue weighted by Gasteiger charge is -2.10. The Morgan fingerprint density at radius 1 is 1.19 bits per heavy atom. The third-order valence-electron chi connectivity index (χ3n) is 2.69. The van der Waals surface area contributed by atoms with E-state index in [9.17, 15) is 8.42 Å². The molecule has 0 atom stereocenters. The summed E-state index contributed by atoms with van der Waals surface area (Å²) < 4.78 is 28.5. The molecule has 21 heavy (non-hydrogen) atoms. The predicted molar refractivity (Wildman–Crippen MR) is 78.3 cm³/mol. The molecule has 0 bridgehead atoms. The average molecular weight is 323 g/mol. The van der Waals surface area contributed by atoms with Gasteiger partial charge in [0.1, 0.15) is 17.3 Å². The van der Waals surface area contributed by atoms with Crippen LogP contribution in [0.5, 0.6) is 5.75 Å². The van der Waals surface area contributed by atoms with E-state index in [0.29, 0.717) is 5.56 Å². The van der Waals surface area contributed by atoms with Crippen LogP contribution in [-0.2, 0) is 16.6 Å². The second-order valence-corrected chi connectivity index (χ2v) is 6.20. The molecule has 2 N–H and O–H groups in total. The van der Waals surface area contributed by atoms with Crippen LogP contribution in [0.4, 0.5) is 0 Å². The number of halogens is 1. The zero-order valence-electron chi connectivity index (χ0n) is 10.8. The fourth-order valence-corrected chi connectivity index (χ4v) is 2.60. The fraction of sp³-hybridized carbons (Fsp3) is 0.0714. The van der Waals surface area contributed by atoms with Gasteiger partial charge in [-0.15, -0.1) is 0 Å². The molecule has 5 nitrogen and oxygen atoms in total. The van der Waals surface area contributed by atoms with Crippen molar-refractivity contribution in [3.05, 3.63) is 58.6 Å². The molecule has 0 fully saturated rings.